The molecule has 0 aromatic heterocycles. The van der Waals surface area contributed by atoms with Crippen molar-refractivity contribution in [2.24, 2.45) is 0 Å². The third kappa shape index (κ3) is 4.60. The van der Waals surface area contributed by atoms with Crippen molar-refractivity contribution in [3.63, 3.8) is 0 Å². The Morgan fingerprint density at radius 2 is 1.81 bits per heavy atom. The maximum absolute atomic E-state index is 12.7. The van der Waals surface area contributed by atoms with Gasteiger partial charge in [0.1, 0.15) is 0 Å². The first-order chi connectivity index (χ1) is 12.9. The van der Waals surface area contributed by atoms with E-state index in [4.69, 9.17) is 11.6 Å². The van der Waals surface area contributed by atoms with Crippen molar-refractivity contribution in [3.05, 3.63) is 76.3 Å². The summed E-state index contributed by atoms with van der Waals surface area (Å²) in [6.45, 7) is 2.56. The van der Waals surface area contributed by atoms with Crippen LogP contribution in [0.15, 0.2) is 54.6 Å². The summed E-state index contributed by atoms with van der Waals surface area (Å²) in [7, 11) is -3.38. The van der Waals surface area contributed by atoms with Gasteiger partial charge in [-0.2, -0.15) is 0 Å². The van der Waals surface area contributed by atoms with Crippen LogP contribution in [0.2, 0.25) is 5.02 Å². The zero-order valence-electron chi connectivity index (χ0n) is 15.1. The molecule has 1 amide bonds. The minimum Gasteiger partial charge on any atom is -0.338 e. The lowest BCUT2D eigenvalue weighted by atomic mass is 10.1. The highest BCUT2D eigenvalue weighted by Gasteiger charge is 2.33. The molecule has 1 unspecified atom stereocenters. The lowest BCUT2D eigenvalue weighted by molar-refractivity contribution is -0.125. The van der Waals surface area contributed by atoms with Gasteiger partial charge in [0.2, 0.25) is 5.91 Å². The molecule has 0 bridgehead atoms. The Hall–Kier alpha value is -2.11. The number of amides is 1. The van der Waals surface area contributed by atoms with Gasteiger partial charge in [0.05, 0.1) is 11.0 Å². The van der Waals surface area contributed by atoms with Crippen molar-refractivity contribution in [2.45, 2.75) is 18.6 Å². The second-order valence-corrected chi connectivity index (χ2v) is 9.39. The first-order valence-corrected chi connectivity index (χ1v) is 11.0. The second-order valence-electron chi connectivity index (χ2n) is 6.68. The summed E-state index contributed by atoms with van der Waals surface area (Å²) in [6, 6.07) is 14.8. The normalized spacial score (nSPS) is 19.8. The van der Waals surface area contributed by atoms with Crippen molar-refractivity contribution >= 4 is 33.4 Å². The van der Waals surface area contributed by atoms with E-state index in [0.29, 0.717) is 23.6 Å². The Labute approximate surface area is 165 Å². The Kier molecular flexibility index (Phi) is 6.02. The minimum absolute atomic E-state index is 0.0627. The van der Waals surface area contributed by atoms with Gasteiger partial charge in [0, 0.05) is 24.2 Å². The number of carbonyl (C=O) groups excluding carboxylic acids is 1. The molecular weight excluding hydrogens is 382 g/mol. The summed E-state index contributed by atoms with van der Waals surface area (Å²) in [5, 5.41) is -0.227. The number of sulfone groups is 1. The topological polar surface area (TPSA) is 54.5 Å². The second kappa shape index (κ2) is 8.28. The minimum atomic E-state index is -3.38. The highest BCUT2D eigenvalue weighted by Crippen LogP contribution is 2.33. The molecule has 1 heterocycles. The van der Waals surface area contributed by atoms with Crippen molar-refractivity contribution in [1.29, 1.82) is 0 Å². The van der Waals surface area contributed by atoms with Gasteiger partial charge >= 0.3 is 0 Å². The number of benzene rings is 2. The van der Waals surface area contributed by atoms with Gasteiger partial charge in [0.25, 0.3) is 0 Å². The number of nitrogens with zero attached hydrogens (tertiary/aromatic N) is 1. The molecule has 1 saturated heterocycles. The smallest absolute Gasteiger partial charge is 0.246 e. The maximum atomic E-state index is 12.7. The Morgan fingerprint density at radius 3 is 2.56 bits per heavy atom. The van der Waals surface area contributed by atoms with Gasteiger partial charge in [-0.05, 0) is 42.2 Å². The third-order valence-electron chi connectivity index (χ3n) is 4.90. The van der Waals surface area contributed by atoms with E-state index in [-0.39, 0.29) is 18.2 Å². The average molecular weight is 404 g/mol. The standard InChI is InChI=1S/C21H22ClNO3S/c1-16-6-2-3-7-17(16)10-11-21(24)23-13-12-20(27(25,26)15-14-23)18-8-4-5-9-19(18)22/h2-11,20H,12-15H2,1H3/b11-10+. The molecule has 0 aliphatic carbocycles. The van der Waals surface area contributed by atoms with Crippen molar-refractivity contribution < 1.29 is 13.2 Å². The predicted molar refractivity (Wildman–Crippen MR) is 109 cm³/mol. The molecule has 4 nitrogen and oxygen atoms in total. The Morgan fingerprint density at radius 1 is 1.11 bits per heavy atom. The van der Waals surface area contributed by atoms with E-state index in [0.717, 1.165) is 11.1 Å². The molecule has 2 aromatic rings. The van der Waals surface area contributed by atoms with E-state index < -0.39 is 15.1 Å². The number of rotatable bonds is 3. The van der Waals surface area contributed by atoms with Crippen LogP contribution in [0.4, 0.5) is 0 Å². The number of aryl methyl sites for hydroxylation is 1. The Bertz CT molecular complexity index is 969. The zero-order chi connectivity index (χ0) is 19.4. The van der Waals surface area contributed by atoms with E-state index >= 15 is 0 Å². The van der Waals surface area contributed by atoms with Crippen LogP contribution in [-0.2, 0) is 14.6 Å². The van der Waals surface area contributed by atoms with Crippen LogP contribution in [0.1, 0.15) is 28.4 Å². The molecule has 0 N–H and O–H groups in total. The van der Waals surface area contributed by atoms with E-state index in [1.54, 1.807) is 35.2 Å². The van der Waals surface area contributed by atoms with Gasteiger partial charge in [-0.1, -0.05) is 54.1 Å². The van der Waals surface area contributed by atoms with E-state index in [9.17, 15) is 13.2 Å². The summed E-state index contributed by atoms with van der Waals surface area (Å²) < 4.78 is 25.5. The van der Waals surface area contributed by atoms with Crippen molar-refractivity contribution in [2.75, 3.05) is 18.8 Å². The van der Waals surface area contributed by atoms with Crippen LogP contribution >= 0.6 is 11.6 Å². The maximum Gasteiger partial charge on any atom is 0.246 e. The van der Waals surface area contributed by atoms with Crippen LogP contribution in [0.5, 0.6) is 0 Å². The Balaban J connectivity index is 1.76. The molecule has 1 aliphatic rings. The fraction of sp³-hybridized carbons (Fsp3) is 0.286. The molecule has 27 heavy (non-hydrogen) atoms. The SMILES string of the molecule is Cc1ccccc1/C=C/C(=O)N1CCC(c2ccccc2Cl)S(=O)(=O)CC1. The van der Waals surface area contributed by atoms with Gasteiger partial charge in [-0.3, -0.25) is 4.79 Å². The summed E-state index contributed by atoms with van der Waals surface area (Å²) in [4.78, 5) is 14.2. The fourth-order valence-electron chi connectivity index (χ4n) is 3.29. The monoisotopic (exact) mass is 403 g/mol. The van der Waals surface area contributed by atoms with Crippen LogP contribution in [-0.4, -0.2) is 38.1 Å². The van der Waals surface area contributed by atoms with Crippen LogP contribution < -0.4 is 0 Å². The lowest BCUT2D eigenvalue weighted by Gasteiger charge is -2.18. The van der Waals surface area contributed by atoms with E-state index in [1.165, 1.54) is 6.08 Å². The molecule has 1 aliphatic heterocycles. The van der Waals surface area contributed by atoms with Gasteiger partial charge < -0.3 is 4.90 Å². The third-order valence-corrected chi connectivity index (χ3v) is 7.35. The number of halogens is 1. The molecule has 1 atom stereocenters. The van der Waals surface area contributed by atoms with Gasteiger partial charge in [-0.25, -0.2) is 8.42 Å². The molecule has 6 heteroatoms. The van der Waals surface area contributed by atoms with Crippen molar-refractivity contribution in [3.8, 4) is 0 Å². The van der Waals surface area contributed by atoms with E-state index in [1.807, 2.05) is 31.2 Å². The van der Waals surface area contributed by atoms with Crippen molar-refractivity contribution in [1.82, 2.24) is 4.90 Å². The summed E-state index contributed by atoms with van der Waals surface area (Å²) in [6.07, 6.45) is 3.64. The molecule has 2 aromatic carbocycles. The molecular formula is C21H22ClNO3S. The van der Waals surface area contributed by atoms with E-state index in [2.05, 4.69) is 0 Å². The van der Waals surface area contributed by atoms with Gasteiger partial charge in [-0.15, -0.1) is 0 Å². The highest BCUT2D eigenvalue weighted by atomic mass is 35.5. The summed E-state index contributed by atoms with van der Waals surface area (Å²) >= 11 is 6.21. The largest absolute Gasteiger partial charge is 0.338 e. The fourth-order valence-corrected chi connectivity index (χ4v) is 5.44. The molecule has 142 valence electrons. The average Bonchev–Trinajstić information content (AvgIpc) is 2.79. The zero-order valence-corrected chi connectivity index (χ0v) is 16.7. The van der Waals surface area contributed by atoms with Crippen LogP contribution in [0.25, 0.3) is 6.08 Å². The first-order valence-electron chi connectivity index (χ1n) is 8.87. The lowest BCUT2D eigenvalue weighted by Crippen LogP contribution is -2.32. The highest BCUT2D eigenvalue weighted by molar-refractivity contribution is 7.91. The summed E-state index contributed by atoms with van der Waals surface area (Å²) in [5.41, 5.74) is 2.67. The summed E-state index contributed by atoms with van der Waals surface area (Å²) in [5.74, 6) is -0.236. The molecule has 0 radical (unpaired) electrons. The molecule has 0 spiro atoms. The van der Waals surface area contributed by atoms with Crippen LogP contribution in [0, 0.1) is 6.92 Å². The number of carbonyl (C=O) groups is 1. The molecule has 1 fully saturated rings. The van der Waals surface area contributed by atoms with Crippen LogP contribution in [0.3, 0.4) is 0 Å². The first kappa shape index (κ1) is 19.6. The molecule has 0 saturated carbocycles. The van der Waals surface area contributed by atoms with Gasteiger partial charge in [0.15, 0.2) is 9.84 Å². The number of hydrogen-bond acceptors (Lipinski definition) is 3. The predicted octanol–water partition coefficient (Wildman–Crippen LogP) is 4.05. The molecule has 3 rings (SSSR count). The quantitative estimate of drug-likeness (QED) is 0.726. The number of hydrogen-bond donors (Lipinski definition) is 0.